The predicted octanol–water partition coefficient (Wildman–Crippen LogP) is 5.21. The largest absolute Gasteiger partial charge is 0.320 e. The van der Waals surface area contributed by atoms with Crippen molar-refractivity contribution in [3.63, 3.8) is 0 Å². The molecule has 0 saturated carbocycles. The molecule has 140 valence electrons. The zero-order valence-electron chi connectivity index (χ0n) is 16.7. The van der Waals surface area contributed by atoms with Gasteiger partial charge in [0, 0.05) is 12.1 Å². The Balaban J connectivity index is 2.27. The van der Waals surface area contributed by atoms with Crippen LogP contribution in [-0.4, -0.2) is 36.1 Å². The minimum Gasteiger partial charge on any atom is -0.320 e. The van der Waals surface area contributed by atoms with E-state index in [0.717, 1.165) is 53.5 Å². The van der Waals surface area contributed by atoms with Crippen LogP contribution in [0.25, 0.3) is 0 Å². The molecule has 0 spiro atoms. The first-order valence-electron chi connectivity index (χ1n) is 10.3. The minimum atomic E-state index is 0.0965. The number of amides is 1. The van der Waals surface area contributed by atoms with E-state index in [1.54, 1.807) is 0 Å². The molecule has 0 bridgehead atoms. The van der Waals surface area contributed by atoms with Crippen molar-refractivity contribution < 1.29 is 9.28 Å². The fourth-order valence-electron chi connectivity index (χ4n) is 4.55. The molecule has 1 fully saturated rings. The molecule has 25 heavy (non-hydrogen) atoms. The Morgan fingerprint density at radius 2 is 1.72 bits per heavy atom. The topological polar surface area (TPSA) is 29.1 Å². The summed E-state index contributed by atoms with van der Waals surface area (Å²) in [5.41, 5.74) is 3.33. The number of rotatable bonds is 8. The van der Waals surface area contributed by atoms with Crippen LogP contribution in [0, 0.1) is 13.8 Å². The molecule has 1 unspecified atom stereocenters. The number of nitrogens with zero attached hydrogens (tertiary/aromatic N) is 1. The number of hydrogen-bond acceptors (Lipinski definition) is 1. The van der Waals surface area contributed by atoms with E-state index >= 15 is 0 Å². The number of quaternary nitrogens is 1. The average Bonchev–Trinajstić information content (AvgIpc) is 2.59. The number of likely N-dealkylation sites (tertiary alicyclic amines) is 1. The van der Waals surface area contributed by atoms with E-state index in [-0.39, 0.29) is 11.9 Å². The third-order valence-electron chi connectivity index (χ3n) is 5.90. The molecule has 1 heterocycles. The molecule has 1 amide bonds. The van der Waals surface area contributed by atoms with E-state index in [1.807, 2.05) is 0 Å². The molecule has 0 aromatic heterocycles. The summed E-state index contributed by atoms with van der Waals surface area (Å²) in [7, 11) is 0. The number of carbonyl (C=O) groups excluding carboxylic acids is 1. The lowest BCUT2D eigenvalue weighted by Crippen LogP contribution is -2.62. The van der Waals surface area contributed by atoms with E-state index in [1.165, 1.54) is 32.4 Å². The van der Waals surface area contributed by atoms with Crippen molar-refractivity contribution in [2.75, 3.05) is 25.0 Å². The molecule has 0 aliphatic carbocycles. The summed E-state index contributed by atoms with van der Waals surface area (Å²) in [6.45, 7) is 12.1. The maximum atomic E-state index is 13.4. The summed E-state index contributed by atoms with van der Waals surface area (Å²) >= 11 is 0. The van der Waals surface area contributed by atoms with Crippen LogP contribution in [0.1, 0.15) is 69.9 Å². The van der Waals surface area contributed by atoms with Gasteiger partial charge in [-0.1, -0.05) is 38.5 Å². The number of piperidine rings is 1. The van der Waals surface area contributed by atoms with E-state index in [9.17, 15) is 4.79 Å². The Hall–Kier alpha value is -1.35. The number of benzene rings is 1. The van der Waals surface area contributed by atoms with Gasteiger partial charge in [-0.2, -0.15) is 0 Å². The maximum absolute atomic E-state index is 13.4. The van der Waals surface area contributed by atoms with Gasteiger partial charge in [0.1, 0.15) is 0 Å². The molecule has 1 aliphatic heterocycles. The lowest BCUT2D eigenvalue weighted by molar-refractivity contribution is -0.947. The number of hydrogen-bond donors (Lipinski definition) is 1. The predicted molar refractivity (Wildman–Crippen MR) is 107 cm³/mol. The number of aryl methyl sites for hydroxylation is 2. The normalized spacial score (nSPS) is 17.9. The van der Waals surface area contributed by atoms with Crippen molar-refractivity contribution in [2.24, 2.45) is 0 Å². The summed E-state index contributed by atoms with van der Waals surface area (Å²) in [4.78, 5) is 13.4. The second kappa shape index (κ2) is 9.38. The molecule has 1 aliphatic rings. The minimum absolute atomic E-state index is 0.0965. The number of anilines is 1. The highest BCUT2D eigenvalue weighted by atomic mass is 16.2. The second-order valence-electron chi connectivity index (χ2n) is 7.86. The summed E-state index contributed by atoms with van der Waals surface area (Å²) in [6.07, 6.45) is 8.29. The molecular formula is C22H37N2O+. The van der Waals surface area contributed by atoms with Gasteiger partial charge in [0.15, 0.2) is 6.04 Å². The van der Waals surface area contributed by atoms with Crippen molar-refractivity contribution in [3.8, 4) is 0 Å². The van der Waals surface area contributed by atoms with E-state index in [4.69, 9.17) is 0 Å². The van der Waals surface area contributed by atoms with Gasteiger partial charge in [0.2, 0.25) is 0 Å². The van der Waals surface area contributed by atoms with Gasteiger partial charge in [-0.25, -0.2) is 0 Å². The van der Waals surface area contributed by atoms with Crippen molar-refractivity contribution in [1.82, 2.24) is 0 Å². The molecule has 0 radical (unpaired) electrons. The van der Waals surface area contributed by atoms with Crippen LogP contribution in [0.4, 0.5) is 5.69 Å². The second-order valence-corrected chi connectivity index (χ2v) is 7.86. The van der Waals surface area contributed by atoms with E-state index in [0.29, 0.717) is 0 Å². The Morgan fingerprint density at radius 3 is 2.28 bits per heavy atom. The van der Waals surface area contributed by atoms with Crippen LogP contribution in [0.3, 0.4) is 0 Å². The SMILES string of the molecule is CCCCC(C(=O)Nc1c(C)cccc1C)[N+]1(CCC)CCCCC1. The Bertz CT molecular complexity index is 535. The van der Waals surface area contributed by atoms with Crippen LogP contribution >= 0.6 is 0 Å². The first kappa shape index (κ1) is 20.0. The lowest BCUT2D eigenvalue weighted by atomic mass is 9.97. The number of para-hydroxylation sites is 1. The molecule has 3 heteroatoms. The Labute approximate surface area is 154 Å². The highest BCUT2D eigenvalue weighted by Crippen LogP contribution is 2.29. The van der Waals surface area contributed by atoms with Crippen LogP contribution < -0.4 is 5.32 Å². The molecule has 1 aromatic carbocycles. The monoisotopic (exact) mass is 345 g/mol. The summed E-state index contributed by atoms with van der Waals surface area (Å²) < 4.78 is 1.01. The summed E-state index contributed by atoms with van der Waals surface area (Å²) in [5, 5.41) is 3.31. The van der Waals surface area contributed by atoms with Gasteiger partial charge in [-0.05, 0) is 57.1 Å². The van der Waals surface area contributed by atoms with Crippen molar-refractivity contribution in [2.45, 2.75) is 78.7 Å². The molecule has 3 nitrogen and oxygen atoms in total. The molecule has 2 rings (SSSR count). The van der Waals surface area contributed by atoms with Gasteiger partial charge < -0.3 is 9.80 Å². The average molecular weight is 346 g/mol. The van der Waals surface area contributed by atoms with Crippen molar-refractivity contribution >= 4 is 11.6 Å². The molecule has 1 aromatic rings. The number of unbranched alkanes of at least 4 members (excludes halogenated alkanes) is 1. The maximum Gasteiger partial charge on any atom is 0.282 e. The van der Waals surface area contributed by atoms with Gasteiger partial charge in [-0.15, -0.1) is 0 Å². The van der Waals surface area contributed by atoms with Crippen molar-refractivity contribution in [1.29, 1.82) is 0 Å². The third kappa shape index (κ3) is 4.84. The first-order chi connectivity index (χ1) is 12.0. The van der Waals surface area contributed by atoms with E-state index < -0.39 is 0 Å². The fraction of sp³-hybridized carbons (Fsp3) is 0.682. The standard InChI is InChI=1S/C22H36N2O/c1-5-7-14-20(24(15-6-2)16-9-8-10-17-24)22(25)23-21-18(3)12-11-13-19(21)4/h11-13,20H,5-10,14-17H2,1-4H3/p+1. The van der Waals surface area contributed by atoms with Gasteiger partial charge >= 0.3 is 0 Å². The van der Waals surface area contributed by atoms with Gasteiger partial charge in [0.25, 0.3) is 5.91 Å². The summed E-state index contributed by atoms with van der Waals surface area (Å²) in [6, 6.07) is 6.33. The smallest absolute Gasteiger partial charge is 0.282 e. The Morgan fingerprint density at radius 1 is 1.08 bits per heavy atom. The molecule has 1 N–H and O–H groups in total. The lowest BCUT2D eigenvalue weighted by Gasteiger charge is -2.46. The van der Waals surface area contributed by atoms with Crippen LogP contribution in [0.2, 0.25) is 0 Å². The Kier molecular flexibility index (Phi) is 7.49. The zero-order valence-corrected chi connectivity index (χ0v) is 16.7. The number of nitrogens with one attached hydrogen (secondary N) is 1. The summed E-state index contributed by atoms with van der Waals surface area (Å²) in [5.74, 6) is 0.237. The number of carbonyl (C=O) groups is 1. The van der Waals surface area contributed by atoms with Crippen LogP contribution in [-0.2, 0) is 4.79 Å². The van der Waals surface area contributed by atoms with E-state index in [2.05, 4.69) is 51.2 Å². The van der Waals surface area contributed by atoms with Crippen molar-refractivity contribution in [3.05, 3.63) is 29.3 Å². The highest BCUT2D eigenvalue weighted by molar-refractivity contribution is 5.95. The molecule has 1 atom stereocenters. The van der Waals surface area contributed by atoms with Gasteiger partial charge in [-0.3, -0.25) is 4.79 Å². The first-order valence-corrected chi connectivity index (χ1v) is 10.3. The fourth-order valence-corrected chi connectivity index (χ4v) is 4.55. The van der Waals surface area contributed by atoms with Crippen LogP contribution in [0.5, 0.6) is 0 Å². The third-order valence-corrected chi connectivity index (χ3v) is 5.90. The zero-order chi connectivity index (χ0) is 18.3. The van der Waals surface area contributed by atoms with Crippen LogP contribution in [0.15, 0.2) is 18.2 Å². The highest BCUT2D eigenvalue weighted by Gasteiger charge is 2.41. The van der Waals surface area contributed by atoms with Gasteiger partial charge in [0.05, 0.1) is 19.6 Å². The quantitative estimate of drug-likeness (QED) is 0.644. The molecular weight excluding hydrogens is 308 g/mol. The molecule has 1 saturated heterocycles.